The molecule has 0 N–H and O–H groups in total. The van der Waals surface area contributed by atoms with Crippen LogP contribution in [0.3, 0.4) is 0 Å². The predicted molar refractivity (Wildman–Crippen MR) is 77.5 cm³/mol. The van der Waals surface area contributed by atoms with E-state index in [0.29, 0.717) is 0 Å². The lowest BCUT2D eigenvalue weighted by atomic mass is 9.87. The zero-order valence-electron chi connectivity index (χ0n) is 12.5. The predicted octanol–water partition coefficient (Wildman–Crippen LogP) is 1.79. The Hall–Kier alpha value is -1.20. The first-order chi connectivity index (χ1) is 9.67. The van der Waals surface area contributed by atoms with Crippen molar-refractivity contribution in [2.45, 2.75) is 45.3 Å². The highest BCUT2D eigenvalue weighted by Crippen LogP contribution is 2.32. The highest BCUT2D eigenvalue weighted by molar-refractivity contribution is 5.14. The van der Waals surface area contributed by atoms with Gasteiger partial charge in [0.1, 0.15) is 12.2 Å². The molecule has 0 atom stereocenters. The summed E-state index contributed by atoms with van der Waals surface area (Å²) < 4.78 is 8.18. The lowest BCUT2D eigenvalue weighted by Gasteiger charge is -2.42. The lowest BCUT2D eigenvalue weighted by molar-refractivity contribution is -0.0568. The van der Waals surface area contributed by atoms with Crippen molar-refractivity contribution in [3.63, 3.8) is 0 Å². The minimum Gasteiger partial charge on any atom is -0.370 e. The van der Waals surface area contributed by atoms with Crippen molar-refractivity contribution in [3.05, 3.63) is 23.8 Å². The van der Waals surface area contributed by atoms with Crippen LogP contribution in [-0.4, -0.2) is 51.5 Å². The van der Waals surface area contributed by atoms with Crippen LogP contribution in [0, 0.1) is 6.92 Å². The molecule has 0 saturated carbocycles. The van der Waals surface area contributed by atoms with E-state index in [4.69, 9.17) is 4.74 Å². The van der Waals surface area contributed by atoms with Crippen molar-refractivity contribution in [2.75, 3.05) is 26.2 Å². The summed E-state index contributed by atoms with van der Waals surface area (Å²) >= 11 is 0. The summed E-state index contributed by atoms with van der Waals surface area (Å²) in [5.74, 6) is 0.993. The smallest absolute Gasteiger partial charge is 0.129 e. The van der Waals surface area contributed by atoms with Crippen LogP contribution in [0.5, 0.6) is 0 Å². The zero-order chi connectivity index (χ0) is 14.0. The maximum absolute atomic E-state index is 6.07. The molecule has 0 radical (unpaired) electrons. The minimum absolute atomic E-state index is 0.0330. The Morgan fingerprint density at radius 3 is 2.70 bits per heavy atom. The lowest BCUT2D eigenvalue weighted by Crippen LogP contribution is -2.47. The SMILES string of the molecule is CC1=CC2(CCN(CCn3cnnc3C)CC2)OCC1. The van der Waals surface area contributed by atoms with Gasteiger partial charge in [-0.05, 0) is 33.1 Å². The molecule has 5 heteroatoms. The van der Waals surface area contributed by atoms with Crippen molar-refractivity contribution >= 4 is 0 Å². The summed E-state index contributed by atoms with van der Waals surface area (Å²) in [6, 6.07) is 0. The van der Waals surface area contributed by atoms with Gasteiger partial charge in [0.15, 0.2) is 0 Å². The molecule has 1 aromatic rings. The summed E-state index contributed by atoms with van der Waals surface area (Å²) in [4.78, 5) is 2.52. The normalized spacial score (nSPS) is 23.0. The first kappa shape index (κ1) is 13.8. The third-order valence-electron chi connectivity index (χ3n) is 4.56. The Labute approximate surface area is 120 Å². The number of hydrogen-bond donors (Lipinski definition) is 0. The Balaban J connectivity index is 1.51. The number of rotatable bonds is 3. The van der Waals surface area contributed by atoms with E-state index in [9.17, 15) is 0 Å². The van der Waals surface area contributed by atoms with Gasteiger partial charge in [-0.2, -0.15) is 0 Å². The van der Waals surface area contributed by atoms with Gasteiger partial charge in [-0.3, -0.25) is 0 Å². The van der Waals surface area contributed by atoms with Gasteiger partial charge in [-0.1, -0.05) is 11.6 Å². The van der Waals surface area contributed by atoms with Crippen LogP contribution in [0.4, 0.5) is 0 Å². The molecule has 110 valence electrons. The Bertz CT molecular complexity index is 486. The molecule has 3 rings (SSSR count). The van der Waals surface area contributed by atoms with Crippen LogP contribution in [-0.2, 0) is 11.3 Å². The van der Waals surface area contributed by atoms with Crippen molar-refractivity contribution in [1.82, 2.24) is 19.7 Å². The Morgan fingerprint density at radius 2 is 2.05 bits per heavy atom. The van der Waals surface area contributed by atoms with E-state index in [1.807, 2.05) is 13.3 Å². The van der Waals surface area contributed by atoms with E-state index >= 15 is 0 Å². The molecule has 2 aliphatic rings. The van der Waals surface area contributed by atoms with E-state index in [1.165, 1.54) is 5.57 Å². The second kappa shape index (κ2) is 5.66. The number of likely N-dealkylation sites (tertiary alicyclic amines) is 1. The standard InChI is InChI=1S/C15H24N4O/c1-13-3-10-20-15(11-13)4-6-18(7-5-15)8-9-19-12-16-17-14(19)2/h11-12H,3-10H2,1-2H3. The molecule has 0 bridgehead atoms. The van der Waals surface area contributed by atoms with E-state index in [0.717, 1.165) is 57.9 Å². The second-order valence-corrected chi connectivity index (χ2v) is 6.07. The van der Waals surface area contributed by atoms with E-state index in [-0.39, 0.29) is 5.60 Å². The molecule has 1 saturated heterocycles. The molecule has 2 aliphatic heterocycles. The number of nitrogens with zero attached hydrogens (tertiary/aromatic N) is 4. The van der Waals surface area contributed by atoms with Gasteiger partial charge in [0.2, 0.25) is 0 Å². The maximum atomic E-state index is 6.07. The molecule has 3 heterocycles. The molecular weight excluding hydrogens is 252 g/mol. The van der Waals surface area contributed by atoms with Gasteiger partial charge >= 0.3 is 0 Å². The maximum Gasteiger partial charge on any atom is 0.129 e. The molecule has 0 unspecified atom stereocenters. The van der Waals surface area contributed by atoms with E-state index in [1.54, 1.807) is 0 Å². The third-order valence-corrected chi connectivity index (χ3v) is 4.56. The van der Waals surface area contributed by atoms with Crippen molar-refractivity contribution < 1.29 is 4.74 Å². The molecule has 0 aliphatic carbocycles. The molecule has 0 amide bonds. The molecular formula is C15H24N4O. The van der Waals surface area contributed by atoms with Crippen molar-refractivity contribution in [1.29, 1.82) is 0 Å². The quantitative estimate of drug-likeness (QED) is 0.789. The summed E-state index contributed by atoms with van der Waals surface area (Å²) in [6.45, 7) is 9.39. The fourth-order valence-electron chi connectivity index (χ4n) is 3.20. The number of aromatic nitrogens is 3. The van der Waals surface area contributed by atoms with Gasteiger partial charge in [0.05, 0.1) is 12.2 Å². The van der Waals surface area contributed by atoms with Crippen molar-refractivity contribution in [3.8, 4) is 0 Å². The summed E-state index contributed by atoms with van der Waals surface area (Å²) in [5, 5.41) is 7.95. The molecule has 5 nitrogen and oxygen atoms in total. The van der Waals surface area contributed by atoms with E-state index in [2.05, 4.69) is 32.7 Å². The van der Waals surface area contributed by atoms with Crippen LogP contribution in [0.25, 0.3) is 0 Å². The topological polar surface area (TPSA) is 43.2 Å². The van der Waals surface area contributed by atoms with Crippen LogP contribution in [0.15, 0.2) is 18.0 Å². The Kier molecular flexibility index (Phi) is 3.89. The number of piperidine rings is 1. The molecule has 1 aromatic heterocycles. The molecule has 20 heavy (non-hydrogen) atoms. The zero-order valence-corrected chi connectivity index (χ0v) is 12.5. The van der Waals surface area contributed by atoms with Gasteiger partial charge in [0.25, 0.3) is 0 Å². The number of ether oxygens (including phenoxy) is 1. The highest BCUT2D eigenvalue weighted by atomic mass is 16.5. The first-order valence-electron chi connectivity index (χ1n) is 7.56. The summed E-state index contributed by atoms with van der Waals surface area (Å²) in [5.41, 5.74) is 1.52. The minimum atomic E-state index is 0.0330. The number of aryl methyl sites for hydroxylation is 1. The van der Waals surface area contributed by atoms with Gasteiger partial charge in [0, 0.05) is 26.2 Å². The van der Waals surface area contributed by atoms with Gasteiger partial charge in [-0.15, -0.1) is 10.2 Å². The Morgan fingerprint density at radius 1 is 1.25 bits per heavy atom. The largest absolute Gasteiger partial charge is 0.370 e. The second-order valence-electron chi connectivity index (χ2n) is 6.07. The summed E-state index contributed by atoms with van der Waals surface area (Å²) in [7, 11) is 0. The molecule has 1 spiro atoms. The first-order valence-corrected chi connectivity index (χ1v) is 7.56. The average molecular weight is 276 g/mol. The fourth-order valence-corrected chi connectivity index (χ4v) is 3.20. The fraction of sp³-hybridized carbons (Fsp3) is 0.733. The van der Waals surface area contributed by atoms with Crippen LogP contribution in [0.2, 0.25) is 0 Å². The van der Waals surface area contributed by atoms with Crippen LogP contribution < -0.4 is 0 Å². The third kappa shape index (κ3) is 2.94. The van der Waals surface area contributed by atoms with Gasteiger partial charge in [-0.25, -0.2) is 0 Å². The van der Waals surface area contributed by atoms with E-state index < -0.39 is 0 Å². The summed E-state index contributed by atoms with van der Waals surface area (Å²) in [6.07, 6.45) is 7.52. The van der Waals surface area contributed by atoms with Crippen LogP contribution >= 0.6 is 0 Å². The monoisotopic (exact) mass is 276 g/mol. The van der Waals surface area contributed by atoms with Gasteiger partial charge < -0.3 is 14.2 Å². The molecule has 0 aromatic carbocycles. The number of hydrogen-bond acceptors (Lipinski definition) is 4. The molecule has 1 fully saturated rings. The average Bonchev–Trinajstić information content (AvgIpc) is 2.84. The van der Waals surface area contributed by atoms with Crippen molar-refractivity contribution in [2.24, 2.45) is 0 Å². The van der Waals surface area contributed by atoms with Crippen LogP contribution in [0.1, 0.15) is 32.0 Å². The highest BCUT2D eigenvalue weighted by Gasteiger charge is 2.35.